The monoisotopic (exact) mass is 364 g/mol. The van der Waals surface area contributed by atoms with Gasteiger partial charge in [0, 0.05) is 18.1 Å². The molecule has 0 unspecified atom stereocenters. The molecule has 0 spiro atoms. The van der Waals surface area contributed by atoms with Crippen molar-refractivity contribution in [3.63, 3.8) is 0 Å². The minimum atomic E-state index is 0.115. The van der Waals surface area contributed by atoms with Crippen molar-refractivity contribution in [2.45, 2.75) is 39.2 Å². The second-order valence-corrected chi connectivity index (χ2v) is 7.49. The Balaban J connectivity index is 1.65. The summed E-state index contributed by atoms with van der Waals surface area (Å²) in [5, 5.41) is 1.50. The molecular weight excluding hydrogens is 344 g/mol. The third-order valence-corrected chi connectivity index (χ3v) is 5.48. The quantitative estimate of drug-likeness (QED) is 0.789. The zero-order chi connectivity index (χ0) is 16.9. The Morgan fingerprint density at radius 3 is 2.54 bits per heavy atom. The molecule has 0 N–H and O–H groups in total. The standard InChI is InChI=1S/C18H21ClN2O2S/c1-13-17(18(22)21-10-4-2-3-5-11-21)24-16(20-13)12-23-15-8-6-14(19)7-9-15/h6-9H,2-5,10-12H2,1H3. The van der Waals surface area contributed by atoms with Crippen LogP contribution in [0.15, 0.2) is 24.3 Å². The van der Waals surface area contributed by atoms with E-state index in [1.807, 2.05) is 24.0 Å². The van der Waals surface area contributed by atoms with E-state index in [9.17, 15) is 4.79 Å². The first-order chi connectivity index (χ1) is 11.6. The molecule has 6 heteroatoms. The number of halogens is 1. The van der Waals surface area contributed by atoms with Crippen molar-refractivity contribution in [2.75, 3.05) is 13.1 Å². The number of hydrogen-bond acceptors (Lipinski definition) is 4. The first-order valence-corrected chi connectivity index (χ1v) is 9.47. The fraction of sp³-hybridized carbons (Fsp3) is 0.444. The summed E-state index contributed by atoms with van der Waals surface area (Å²) in [5.74, 6) is 0.859. The second kappa shape index (κ2) is 7.99. The predicted octanol–water partition coefficient (Wildman–Crippen LogP) is 4.70. The summed E-state index contributed by atoms with van der Waals surface area (Å²) in [7, 11) is 0. The van der Waals surface area contributed by atoms with Gasteiger partial charge in [-0.25, -0.2) is 4.98 Å². The maximum atomic E-state index is 12.7. The number of amides is 1. The smallest absolute Gasteiger partial charge is 0.265 e. The summed E-state index contributed by atoms with van der Waals surface area (Å²) < 4.78 is 5.72. The van der Waals surface area contributed by atoms with E-state index in [1.165, 1.54) is 24.2 Å². The summed E-state index contributed by atoms with van der Waals surface area (Å²) in [6.07, 6.45) is 4.61. The summed E-state index contributed by atoms with van der Waals surface area (Å²) in [6, 6.07) is 7.23. The van der Waals surface area contributed by atoms with E-state index in [0.29, 0.717) is 11.6 Å². The number of thiazole rings is 1. The lowest BCUT2D eigenvalue weighted by atomic mass is 10.2. The van der Waals surface area contributed by atoms with E-state index in [2.05, 4.69) is 4.98 Å². The highest BCUT2D eigenvalue weighted by molar-refractivity contribution is 7.13. The largest absolute Gasteiger partial charge is 0.486 e. The second-order valence-electron chi connectivity index (χ2n) is 5.97. The maximum absolute atomic E-state index is 12.7. The zero-order valence-corrected chi connectivity index (χ0v) is 15.3. The molecule has 1 saturated heterocycles. The van der Waals surface area contributed by atoms with Crippen LogP contribution < -0.4 is 4.74 Å². The number of carbonyl (C=O) groups is 1. The van der Waals surface area contributed by atoms with Crippen LogP contribution in [0.5, 0.6) is 5.75 Å². The van der Waals surface area contributed by atoms with Crippen molar-refractivity contribution < 1.29 is 9.53 Å². The highest BCUT2D eigenvalue weighted by Gasteiger charge is 2.22. The Morgan fingerprint density at radius 2 is 1.88 bits per heavy atom. The number of carbonyl (C=O) groups excluding carboxylic acids is 1. The lowest BCUT2D eigenvalue weighted by Crippen LogP contribution is -2.31. The number of benzene rings is 1. The van der Waals surface area contributed by atoms with Gasteiger partial charge in [-0.05, 0) is 44.0 Å². The Bertz CT molecular complexity index is 692. The lowest BCUT2D eigenvalue weighted by molar-refractivity contribution is 0.0765. The summed E-state index contributed by atoms with van der Waals surface area (Å²) in [5.41, 5.74) is 0.795. The number of aromatic nitrogens is 1. The molecule has 0 saturated carbocycles. The molecule has 1 fully saturated rings. The fourth-order valence-electron chi connectivity index (χ4n) is 2.81. The molecule has 3 rings (SSSR count). The molecule has 1 aromatic carbocycles. The average Bonchev–Trinajstić information content (AvgIpc) is 2.78. The van der Waals surface area contributed by atoms with E-state index >= 15 is 0 Å². The van der Waals surface area contributed by atoms with Crippen molar-refractivity contribution >= 4 is 28.8 Å². The highest BCUT2D eigenvalue weighted by atomic mass is 35.5. The Morgan fingerprint density at radius 1 is 1.21 bits per heavy atom. The molecule has 2 heterocycles. The zero-order valence-electron chi connectivity index (χ0n) is 13.8. The van der Waals surface area contributed by atoms with Gasteiger partial charge in [0.2, 0.25) is 0 Å². The van der Waals surface area contributed by atoms with E-state index in [4.69, 9.17) is 16.3 Å². The predicted molar refractivity (Wildman–Crippen MR) is 97.0 cm³/mol. The topological polar surface area (TPSA) is 42.4 Å². The van der Waals surface area contributed by atoms with Gasteiger partial charge in [0.15, 0.2) is 0 Å². The van der Waals surface area contributed by atoms with Gasteiger partial charge in [0.05, 0.1) is 5.69 Å². The van der Waals surface area contributed by atoms with Gasteiger partial charge in [0.25, 0.3) is 5.91 Å². The van der Waals surface area contributed by atoms with Gasteiger partial charge in [-0.1, -0.05) is 24.4 Å². The third-order valence-electron chi connectivity index (χ3n) is 4.10. The minimum Gasteiger partial charge on any atom is -0.486 e. The van der Waals surface area contributed by atoms with Gasteiger partial charge in [-0.2, -0.15) is 0 Å². The molecular formula is C18H21ClN2O2S. The number of ether oxygens (including phenoxy) is 1. The van der Waals surface area contributed by atoms with Crippen LogP contribution in [0.25, 0.3) is 0 Å². The van der Waals surface area contributed by atoms with E-state index in [-0.39, 0.29) is 5.91 Å². The van der Waals surface area contributed by atoms with Crippen LogP contribution in [-0.4, -0.2) is 28.9 Å². The van der Waals surface area contributed by atoms with Crippen LogP contribution in [0, 0.1) is 6.92 Å². The van der Waals surface area contributed by atoms with Crippen molar-refractivity contribution in [1.29, 1.82) is 0 Å². The first kappa shape index (κ1) is 17.2. The van der Waals surface area contributed by atoms with Gasteiger partial charge in [-0.3, -0.25) is 4.79 Å². The molecule has 1 aliphatic heterocycles. The lowest BCUT2D eigenvalue weighted by Gasteiger charge is -2.19. The number of rotatable bonds is 4. The number of hydrogen-bond donors (Lipinski definition) is 0. The van der Waals surface area contributed by atoms with Gasteiger partial charge in [0.1, 0.15) is 22.2 Å². The Labute approximate surface area is 151 Å². The molecule has 128 valence electrons. The number of likely N-dealkylation sites (tertiary alicyclic amines) is 1. The van der Waals surface area contributed by atoms with Crippen LogP contribution in [0.2, 0.25) is 5.02 Å². The van der Waals surface area contributed by atoms with Gasteiger partial charge < -0.3 is 9.64 Å². The van der Waals surface area contributed by atoms with Crippen LogP contribution in [0.3, 0.4) is 0 Å². The molecule has 1 amide bonds. The maximum Gasteiger partial charge on any atom is 0.265 e. The molecule has 0 bridgehead atoms. The van der Waals surface area contributed by atoms with E-state index < -0.39 is 0 Å². The van der Waals surface area contributed by atoms with Gasteiger partial charge >= 0.3 is 0 Å². The summed E-state index contributed by atoms with van der Waals surface area (Å²) in [4.78, 5) is 20.0. The summed E-state index contributed by atoms with van der Waals surface area (Å²) >= 11 is 7.30. The van der Waals surface area contributed by atoms with Crippen LogP contribution in [0.1, 0.15) is 46.1 Å². The summed E-state index contributed by atoms with van der Waals surface area (Å²) in [6.45, 7) is 3.97. The molecule has 2 aromatic rings. The Kier molecular flexibility index (Phi) is 5.74. The molecule has 0 aliphatic carbocycles. The highest BCUT2D eigenvalue weighted by Crippen LogP contribution is 2.24. The fourth-order valence-corrected chi connectivity index (χ4v) is 3.88. The van der Waals surface area contributed by atoms with Crippen LogP contribution >= 0.6 is 22.9 Å². The SMILES string of the molecule is Cc1nc(COc2ccc(Cl)cc2)sc1C(=O)N1CCCCCC1. The van der Waals surface area contributed by atoms with Crippen molar-refractivity contribution in [3.05, 3.63) is 44.9 Å². The van der Waals surface area contributed by atoms with Gasteiger partial charge in [-0.15, -0.1) is 11.3 Å². The van der Waals surface area contributed by atoms with E-state index in [1.54, 1.807) is 12.1 Å². The number of aryl methyl sites for hydroxylation is 1. The van der Waals surface area contributed by atoms with Crippen molar-refractivity contribution in [2.24, 2.45) is 0 Å². The molecule has 1 aromatic heterocycles. The van der Waals surface area contributed by atoms with Crippen LogP contribution in [0.4, 0.5) is 0 Å². The van der Waals surface area contributed by atoms with E-state index in [0.717, 1.165) is 47.3 Å². The molecule has 0 atom stereocenters. The average molecular weight is 365 g/mol. The molecule has 24 heavy (non-hydrogen) atoms. The van der Waals surface area contributed by atoms with Crippen molar-refractivity contribution in [1.82, 2.24) is 9.88 Å². The first-order valence-electron chi connectivity index (χ1n) is 8.27. The van der Waals surface area contributed by atoms with Crippen molar-refractivity contribution in [3.8, 4) is 5.75 Å². The normalized spacial score (nSPS) is 15.2. The minimum absolute atomic E-state index is 0.115. The number of nitrogens with zero attached hydrogens (tertiary/aromatic N) is 2. The molecule has 4 nitrogen and oxygen atoms in total. The Hall–Kier alpha value is -1.59. The molecule has 0 radical (unpaired) electrons. The third kappa shape index (κ3) is 4.28. The molecule has 1 aliphatic rings. The van der Waals surface area contributed by atoms with Crippen LogP contribution in [-0.2, 0) is 6.61 Å².